The van der Waals surface area contributed by atoms with Crippen molar-refractivity contribution < 1.29 is 9.50 Å². The highest BCUT2D eigenvalue weighted by atomic mass is 79.9. The highest BCUT2D eigenvalue weighted by molar-refractivity contribution is 9.11. The minimum atomic E-state index is -2.40. The van der Waals surface area contributed by atoms with Crippen LogP contribution in [0.5, 0.6) is 0 Å². The molecule has 0 saturated carbocycles. The minimum absolute atomic E-state index is 0.676. The highest BCUT2D eigenvalue weighted by Gasteiger charge is 2.33. The van der Waals surface area contributed by atoms with E-state index in [1.54, 1.807) is 0 Å². The van der Waals surface area contributed by atoms with E-state index in [0.717, 1.165) is 6.08 Å². The molecule has 0 aromatic heterocycles. The Morgan fingerprint density at radius 2 is 2.40 bits per heavy atom. The second kappa shape index (κ2) is 2.64. The fraction of sp³-hybridized carbons (Fsp3) is 0.333. The highest BCUT2D eigenvalue weighted by Crippen LogP contribution is 2.28. The maximum atomic E-state index is 12.7. The van der Waals surface area contributed by atoms with Gasteiger partial charge in [0.1, 0.15) is 5.38 Å². The number of halogens is 3. The van der Waals surface area contributed by atoms with Crippen molar-refractivity contribution in [2.45, 2.75) is 11.2 Å². The molecule has 1 nitrogen and oxygen atoms in total. The normalized spacial score (nSPS) is 39.6. The predicted octanol–water partition coefficient (Wildman–Crippen LogP) is 2.10. The van der Waals surface area contributed by atoms with Crippen LogP contribution in [-0.4, -0.2) is 16.3 Å². The van der Waals surface area contributed by atoms with Crippen molar-refractivity contribution in [2.24, 2.45) is 0 Å². The first-order valence-corrected chi connectivity index (χ1v) is 3.87. The van der Waals surface area contributed by atoms with E-state index in [4.69, 9.17) is 16.7 Å². The van der Waals surface area contributed by atoms with E-state index in [-0.39, 0.29) is 0 Å². The maximum absolute atomic E-state index is 12.7. The molecule has 0 radical (unpaired) electrons. The number of hydrogen-bond donors (Lipinski definition) is 1. The molecule has 0 heterocycles. The molecule has 10 heavy (non-hydrogen) atoms. The van der Waals surface area contributed by atoms with E-state index in [1.165, 1.54) is 12.2 Å². The first-order chi connectivity index (χ1) is 4.52. The number of allylic oxidation sites excluding steroid dienone is 2. The fourth-order valence-corrected chi connectivity index (χ4v) is 1.36. The molecule has 0 amide bonds. The Bertz CT molecular complexity index is 200. The smallest absolute Gasteiger partial charge is 0.246 e. The molecule has 2 unspecified atom stereocenters. The monoisotopic (exact) mass is 226 g/mol. The summed E-state index contributed by atoms with van der Waals surface area (Å²) in [6.45, 7) is 0. The Kier molecular flexibility index (Phi) is 2.18. The lowest BCUT2D eigenvalue weighted by Crippen LogP contribution is -2.31. The average molecular weight is 227 g/mol. The van der Waals surface area contributed by atoms with Crippen molar-refractivity contribution in [3.05, 3.63) is 22.7 Å². The zero-order valence-electron chi connectivity index (χ0n) is 4.89. The summed E-state index contributed by atoms with van der Waals surface area (Å²) in [5.41, 5.74) is 0. The van der Waals surface area contributed by atoms with Crippen LogP contribution in [-0.2, 0) is 0 Å². The van der Waals surface area contributed by atoms with Gasteiger partial charge in [-0.1, -0.05) is 15.9 Å². The Balaban J connectivity index is 2.84. The molecular weight excluding hydrogens is 222 g/mol. The van der Waals surface area contributed by atoms with E-state index in [1.807, 2.05) is 0 Å². The van der Waals surface area contributed by atoms with Crippen molar-refractivity contribution in [1.82, 2.24) is 0 Å². The molecule has 0 bridgehead atoms. The van der Waals surface area contributed by atoms with Gasteiger partial charge in [-0.3, -0.25) is 0 Å². The largest absolute Gasteiger partial charge is 0.357 e. The molecule has 4 heteroatoms. The van der Waals surface area contributed by atoms with E-state index < -0.39 is 11.2 Å². The maximum Gasteiger partial charge on any atom is 0.246 e. The Morgan fingerprint density at radius 3 is 2.80 bits per heavy atom. The zero-order chi connectivity index (χ0) is 7.78. The lowest BCUT2D eigenvalue weighted by atomic mass is 10.1. The third kappa shape index (κ3) is 1.59. The lowest BCUT2D eigenvalue weighted by molar-refractivity contribution is -0.0354. The van der Waals surface area contributed by atoms with Crippen molar-refractivity contribution in [2.75, 3.05) is 0 Å². The summed E-state index contributed by atoms with van der Waals surface area (Å²) in [5, 5.41) is 7.80. The van der Waals surface area contributed by atoms with E-state index in [2.05, 4.69) is 15.9 Å². The summed E-state index contributed by atoms with van der Waals surface area (Å²) in [7, 11) is 0. The van der Waals surface area contributed by atoms with Gasteiger partial charge in [-0.2, -0.15) is 0 Å². The van der Waals surface area contributed by atoms with Gasteiger partial charge in [-0.05, 0) is 18.2 Å². The van der Waals surface area contributed by atoms with Crippen LogP contribution in [0.15, 0.2) is 22.7 Å². The standard InChI is InChI=1S/C6H5BrClFO/c7-4-1-2-6(9,10)5(8)3-4/h1-3,5,10H. The molecule has 1 aliphatic rings. The predicted molar refractivity (Wildman–Crippen MR) is 41.8 cm³/mol. The van der Waals surface area contributed by atoms with Crippen LogP contribution in [0.4, 0.5) is 4.39 Å². The second-order valence-electron chi connectivity index (χ2n) is 2.01. The number of aliphatic hydroxyl groups is 1. The third-order valence-electron chi connectivity index (χ3n) is 1.17. The van der Waals surface area contributed by atoms with E-state index in [0.29, 0.717) is 4.48 Å². The van der Waals surface area contributed by atoms with Gasteiger partial charge in [-0.15, -0.1) is 11.6 Å². The fourth-order valence-electron chi connectivity index (χ4n) is 0.601. The van der Waals surface area contributed by atoms with Gasteiger partial charge in [-0.25, -0.2) is 4.39 Å². The molecule has 0 aromatic carbocycles. The first-order valence-electron chi connectivity index (χ1n) is 2.64. The Labute approximate surface area is 71.3 Å². The van der Waals surface area contributed by atoms with Crippen LogP contribution in [0.3, 0.4) is 0 Å². The van der Waals surface area contributed by atoms with Crippen molar-refractivity contribution in [1.29, 1.82) is 0 Å². The SMILES string of the molecule is OC1(F)C=CC(Br)=CC1Cl. The molecule has 1 N–H and O–H groups in total. The second-order valence-corrected chi connectivity index (χ2v) is 3.40. The molecule has 56 valence electrons. The third-order valence-corrected chi connectivity index (χ3v) is 2.13. The van der Waals surface area contributed by atoms with Crippen LogP contribution in [0.25, 0.3) is 0 Å². The van der Waals surface area contributed by atoms with E-state index >= 15 is 0 Å². The summed E-state index contributed by atoms with van der Waals surface area (Å²) in [4.78, 5) is 0. The van der Waals surface area contributed by atoms with Gasteiger partial charge in [0, 0.05) is 4.48 Å². The van der Waals surface area contributed by atoms with Crippen LogP contribution >= 0.6 is 27.5 Å². The van der Waals surface area contributed by atoms with Crippen LogP contribution in [0.2, 0.25) is 0 Å². The minimum Gasteiger partial charge on any atom is -0.357 e. The van der Waals surface area contributed by atoms with Crippen LogP contribution < -0.4 is 0 Å². The molecule has 0 saturated heterocycles. The summed E-state index contributed by atoms with van der Waals surface area (Å²) >= 11 is 8.51. The number of hydrogen-bond acceptors (Lipinski definition) is 1. The first kappa shape index (κ1) is 8.24. The molecule has 0 fully saturated rings. The summed E-state index contributed by atoms with van der Waals surface area (Å²) < 4.78 is 13.4. The Morgan fingerprint density at radius 1 is 1.80 bits per heavy atom. The van der Waals surface area contributed by atoms with Crippen molar-refractivity contribution in [3.8, 4) is 0 Å². The molecule has 2 atom stereocenters. The summed E-state index contributed by atoms with van der Waals surface area (Å²) in [6, 6.07) is 0. The van der Waals surface area contributed by atoms with Crippen LogP contribution in [0.1, 0.15) is 0 Å². The van der Waals surface area contributed by atoms with Crippen molar-refractivity contribution in [3.63, 3.8) is 0 Å². The zero-order valence-corrected chi connectivity index (χ0v) is 7.23. The molecule has 1 rings (SSSR count). The quantitative estimate of drug-likeness (QED) is 0.629. The van der Waals surface area contributed by atoms with E-state index in [9.17, 15) is 4.39 Å². The average Bonchev–Trinajstić information content (AvgIpc) is 1.81. The van der Waals surface area contributed by atoms with Gasteiger partial charge in [0.25, 0.3) is 0 Å². The van der Waals surface area contributed by atoms with Gasteiger partial charge in [0.15, 0.2) is 0 Å². The number of alkyl halides is 2. The topological polar surface area (TPSA) is 20.2 Å². The van der Waals surface area contributed by atoms with Gasteiger partial charge in [0.2, 0.25) is 5.85 Å². The molecular formula is C6H5BrClFO. The summed E-state index contributed by atoms with van der Waals surface area (Å²) in [5.74, 6) is -2.40. The molecule has 0 spiro atoms. The van der Waals surface area contributed by atoms with Gasteiger partial charge < -0.3 is 5.11 Å². The molecule has 1 aliphatic carbocycles. The van der Waals surface area contributed by atoms with Crippen LogP contribution in [0, 0.1) is 0 Å². The van der Waals surface area contributed by atoms with Gasteiger partial charge in [0.05, 0.1) is 0 Å². The number of rotatable bonds is 0. The van der Waals surface area contributed by atoms with Gasteiger partial charge >= 0.3 is 0 Å². The Hall–Kier alpha value is 0.140. The lowest BCUT2D eigenvalue weighted by Gasteiger charge is -2.20. The summed E-state index contributed by atoms with van der Waals surface area (Å²) in [6.07, 6.45) is 3.81. The molecule has 0 aromatic rings. The van der Waals surface area contributed by atoms with Crippen molar-refractivity contribution >= 4 is 27.5 Å². The molecule has 0 aliphatic heterocycles.